The predicted octanol–water partition coefficient (Wildman–Crippen LogP) is 17.3. The number of nitrogens with zero attached hydrogens (tertiary/aromatic N) is 4. The first kappa shape index (κ1) is 46.3. The fourth-order valence-electron chi connectivity index (χ4n) is 9.05. The molecule has 0 unspecified atom stereocenters. The highest BCUT2D eigenvalue weighted by Crippen LogP contribution is 2.43. The van der Waals surface area contributed by atoms with Crippen LogP contribution in [0.15, 0.2) is 255 Å². The van der Waals surface area contributed by atoms with Crippen molar-refractivity contribution in [1.82, 2.24) is 0 Å². The van der Waals surface area contributed by atoms with E-state index in [4.69, 9.17) is 18.9 Å². The Morgan fingerprint density at radius 3 is 0.625 bits per heavy atom. The minimum absolute atomic E-state index is 0.780. The van der Waals surface area contributed by atoms with Gasteiger partial charge in [0.2, 0.25) is 0 Å². The molecule has 0 aliphatic heterocycles. The van der Waals surface area contributed by atoms with Crippen molar-refractivity contribution < 1.29 is 18.9 Å². The highest BCUT2D eigenvalue weighted by atomic mass is 16.5. The van der Waals surface area contributed by atoms with E-state index < -0.39 is 0 Å². The van der Waals surface area contributed by atoms with Crippen LogP contribution in [0.2, 0.25) is 0 Å². The molecular weight excluding hydrogens is 889 g/mol. The van der Waals surface area contributed by atoms with E-state index in [9.17, 15) is 0 Å². The highest BCUT2D eigenvalue weighted by molar-refractivity contribution is 5.85. The summed E-state index contributed by atoms with van der Waals surface area (Å²) in [6.07, 6.45) is 0. The van der Waals surface area contributed by atoms with E-state index in [1.807, 2.05) is 84.9 Å². The van der Waals surface area contributed by atoms with Gasteiger partial charge in [-0.1, -0.05) is 84.9 Å². The maximum Gasteiger partial charge on any atom is 0.120 e. The lowest BCUT2D eigenvalue weighted by Gasteiger charge is -2.29. The highest BCUT2D eigenvalue weighted by Gasteiger charge is 2.20. The number of rotatable bonds is 17. The Kier molecular flexibility index (Phi) is 13.8. The third-order valence-electron chi connectivity index (χ3n) is 12.6. The van der Waals surface area contributed by atoms with E-state index in [0.717, 1.165) is 102 Å². The van der Waals surface area contributed by atoms with Crippen LogP contribution in [0.1, 0.15) is 0 Å². The van der Waals surface area contributed by atoms with Gasteiger partial charge in [-0.05, 0) is 157 Å². The van der Waals surface area contributed by atoms with Crippen LogP contribution in [0.3, 0.4) is 0 Å². The molecule has 0 heterocycles. The first-order chi connectivity index (χ1) is 35.5. The molecule has 72 heavy (non-hydrogen) atoms. The molecule has 0 spiro atoms. The molecule has 0 saturated carbocycles. The number of ether oxygens (including phenoxy) is 4. The summed E-state index contributed by atoms with van der Waals surface area (Å²) in [7, 11) is 6.76. The Morgan fingerprint density at radius 2 is 0.389 bits per heavy atom. The smallest absolute Gasteiger partial charge is 0.120 e. The Morgan fingerprint density at radius 1 is 0.194 bits per heavy atom. The number of hydrogen-bond acceptors (Lipinski definition) is 8. The van der Waals surface area contributed by atoms with Gasteiger partial charge in [0.05, 0.1) is 28.4 Å². The first-order valence-electron chi connectivity index (χ1n) is 23.8. The van der Waals surface area contributed by atoms with Gasteiger partial charge in [0.15, 0.2) is 0 Å². The molecule has 0 aromatic heterocycles. The minimum Gasteiger partial charge on any atom is -0.497 e. The zero-order chi connectivity index (χ0) is 49.2. The molecule has 0 radical (unpaired) electrons. The summed E-state index contributed by atoms with van der Waals surface area (Å²) in [5, 5.41) is 0. The lowest BCUT2D eigenvalue weighted by atomic mass is 10.0. The van der Waals surface area contributed by atoms with E-state index in [1.54, 1.807) is 28.4 Å². The molecule has 0 bridgehead atoms. The molecule has 10 rings (SSSR count). The summed E-state index contributed by atoms with van der Waals surface area (Å²) in [5.41, 5.74) is 14.4. The Labute approximate surface area is 422 Å². The Hall–Kier alpha value is -9.40. The van der Waals surface area contributed by atoms with Gasteiger partial charge in [-0.3, -0.25) is 0 Å². The molecule has 10 aromatic rings. The average molecular weight is 943 g/mol. The number of anilines is 12. The molecule has 0 saturated heterocycles. The number of methoxy groups -OCH3 is 4. The maximum absolute atomic E-state index is 5.63. The average Bonchev–Trinajstić information content (AvgIpc) is 3.45. The largest absolute Gasteiger partial charge is 0.497 e. The monoisotopic (exact) mass is 942 g/mol. The van der Waals surface area contributed by atoms with Crippen LogP contribution in [0, 0.1) is 0 Å². The number of hydrogen-bond donors (Lipinski definition) is 0. The molecule has 0 aliphatic carbocycles. The molecule has 0 amide bonds. The lowest BCUT2D eigenvalue weighted by Crippen LogP contribution is -2.12. The minimum atomic E-state index is 0.780. The molecule has 354 valence electrons. The van der Waals surface area contributed by atoms with Crippen molar-refractivity contribution in [2.24, 2.45) is 0 Å². The standard InChI is InChI=1S/C64H54N4O4/c1-69-61-23-11-19-57(43-61)67(58-20-12-24-62(44-58)70-2)55-39-35-53(36-40-55)65(49-15-7-5-8-16-49)51-31-27-47(28-32-51)48-29-33-52(34-30-48)66(50-17-9-6-10-18-50)54-37-41-56(42-38-54)68(59-21-13-25-63(45-59)71-3)60-22-14-26-64(46-60)72-4/h5-46H,1-4H3. The molecule has 8 nitrogen and oxygen atoms in total. The van der Waals surface area contributed by atoms with Crippen LogP contribution in [0.4, 0.5) is 68.2 Å². The number of para-hydroxylation sites is 2. The summed E-state index contributed by atoms with van der Waals surface area (Å²) in [4.78, 5) is 8.99. The van der Waals surface area contributed by atoms with E-state index in [2.05, 4.69) is 189 Å². The van der Waals surface area contributed by atoms with Gasteiger partial charge in [-0.15, -0.1) is 0 Å². The van der Waals surface area contributed by atoms with Crippen molar-refractivity contribution in [3.63, 3.8) is 0 Å². The van der Waals surface area contributed by atoms with Gasteiger partial charge in [0, 0.05) is 92.5 Å². The van der Waals surface area contributed by atoms with E-state index >= 15 is 0 Å². The second-order valence-electron chi connectivity index (χ2n) is 16.9. The van der Waals surface area contributed by atoms with Crippen molar-refractivity contribution in [1.29, 1.82) is 0 Å². The zero-order valence-electron chi connectivity index (χ0n) is 40.7. The van der Waals surface area contributed by atoms with Crippen molar-refractivity contribution >= 4 is 68.2 Å². The van der Waals surface area contributed by atoms with Crippen molar-refractivity contribution in [2.75, 3.05) is 48.0 Å². The normalized spacial score (nSPS) is 10.8. The summed E-state index contributed by atoms with van der Waals surface area (Å²) >= 11 is 0. The molecule has 0 N–H and O–H groups in total. The van der Waals surface area contributed by atoms with E-state index in [1.165, 1.54) is 0 Å². The van der Waals surface area contributed by atoms with E-state index in [0.29, 0.717) is 0 Å². The Balaban J connectivity index is 0.939. The number of benzene rings is 10. The maximum atomic E-state index is 5.63. The quantitative estimate of drug-likeness (QED) is 0.0895. The van der Waals surface area contributed by atoms with Gasteiger partial charge in [-0.25, -0.2) is 0 Å². The summed E-state index contributed by atoms with van der Waals surface area (Å²) in [6, 6.07) is 88.2. The van der Waals surface area contributed by atoms with Crippen molar-refractivity contribution in [3.05, 3.63) is 255 Å². The fraction of sp³-hybridized carbons (Fsp3) is 0.0625. The van der Waals surface area contributed by atoms with Crippen molar-refractivity contribution in [3.8, 4) is 34.1 Å². The van der Waals surface area contributed by atoms with Crippen LogP contribution in [-0.2, 0) is 0 Å². The molecule has 0 aliphatic rings. The van der Waals surface area contributed by atoms with Gasteiger partial charge in [0.25, 0.3) is 0 Å². The zero-order valence-corrected chi connectivity index (χ0v) is 40.7. The Bertz CT molecular complexity index is 3030. The second kappa shape index (κ2) is 21.5. The predicted molar refractivity (Wildman–Crippen MR) is 297 cm³/mol. The van der Waals surface area contributed by atoms with Gasteiger partial charge in [0.1, 0.15) is 23.0 Å². The lowest BCUT2D eigenvalue weighted by molar-refractivity contribution is 0.414. The SMILES string of the molecule is COc1cccc(N(c2ccc(N(c3ccccc3)c3ccc(-c4ccc(N(c5ccccc5)c5ccc(N(c6cccc(OC)c6)c6cccc(OC)c6)cc5)cc4)cc3)cc2)c2cccc(OC)c2)c1. The van der Waals surface area contributed by atoms with Crippen LogP contribution < -0.4 is 38.5 Å². The fourth-order valence-corrected chi connectivity index (χ4v) is 9.05. The van der Waals surface area contributed by atoms with Gasteiger partial charge < -0.3 is 38.5 Å². The summed E-state index contributed by atoms with van der Waals surface area (Å²) in [6.45, 7) is 0. The molecule has 10 aromatic carbocycles. The molecule has 0 fully saturated rings. The first-order valence-corrected chi connectivity index (χ1v) is 23.8. The van der Waals surface area contributed by atoms with Crippen LogP contribution in [0.25, 0.3) is 11.1 Å². The molecule has 8 heteroatoms. The molecule has 0 atom stereocenters. The summed E-state index contributed by atoms with van der Waals surface area (Å²) in [5.74, 6) is 3.12. The molecular formula is C64H54N4O4. The van der Waals surface area contributed by atoms with Crippen LogP contribution in [0.5, 0.6) is 23.0 Å². The topological polar surface area (TPSA) is 49.9 Å². The van der Waals surface area contributed by atoms with Crippen LogP contribution >= 0.6 is 0 Å². The summed E-state index contributed by atoms with van der Waals surface area (Å²) < 4.78 is 22.5. The van der Waals surface area contributed by atoms with Crippen molar-refractivity contribution in [2.45, 2.75) is 0 Å². The second-order valence-corrected chi connectivity index (χ2v) is 16.9. The van der Waals surface area contributed by atoms with Gasteiger partial charge in [-0.2, -0.15) is 0 Å². The van der Waals surface area contributed by atoms with Gasteiger partial charge >= 0.3 is 0 Å². The van der Waals surface area contributed by atoms with Crippen LogP contribution in [-0.4, -0.2) is 28.4 Å². The third-order valence-corrected chi connectivity index (χ3v) is 12.6. The van der Waals surface area contributed by atoms with E-state index in [-0.39, 0.29) is 0 Å². The third kappa shape index (κ3) is 10.0.